The molecule has 0 saturated carbocycles. The van der Waals surface area contributed by atoms with Crippen molar-refractivity contribution < 1.29 is 4.74 Å². The zero-order chi connectivity index (χ0) is 11.5. The molecule has 2 rings (SSSR count). The molecule has 2 heteroatoms. The van der Waals surface area contributed by atoms with E-state index in [0.29, 0.717) is 0 Å². The molecular weight excluding hydrogens is 204 g/mol. The van der Waals surface area contributed by atoms with E-state index in [1.54, 1.807) is 0 Å². The minimum absolute atomic E-state index is 0.0155. The Morgan fingerprint density at radius 3 is 2.73 bits per heavy atom. The topological polar surface area (TPSA) is 9.23 Å². The van der Waals surface area contributed by atoms with Crippen LogP contribution in [0.1, 0.15) is 49.4 Å². The van der Waals surface area contributed by atoms with E-state index in [9.17, 15) is 0 Å². The van der Waals surface area contributed by atoms with Gasteiger partial charge in [-0.2, -0.15) is 0 Å². The first-order valence-electron chi connectivity index (χ1n) is 5.89. The van der Waals surface area contributed by atoms with Gasteiger partial charge in [0.25, 0.3) is 0 Å². The highest BCUT2D eigenvalue weighted by molar-refractivity contribution is 7.12. The normalized spacial score (nSPS) is 24.1. The number of thiophene rings is 1. The molecule has 0 N–H and O–H groups in total. The lowest BCUT2D eigenvalue weighted by molar-refractivity contribution is -0.0478. The van der Waals surface area contributed by atoms with Crippen molar-refractivity contribution in [3.8, 4) is 0 Å². The number of ether oxygens (including phenoxy) is 1. The van der Waals surface area contributed by atoms with Crippen molar-refractivity contribution in [2.24, 2.45) is 0 Å². The molecule has 2 heterocycles. The Bertz CT molecular complexity index is 316. The first-order chi connectivity index (χ1) is 7.15. The van der Waals surface area contributed by atoms with Crippen LogP contribution in [0.3, 0.4) is 0 Å². The Kier molecular flexibility index (Phi) is 4.35. The molecule has 1 nitrogen and oxygen atoms in total. The van der Waals surface area contributed by atoms with Crippen LogP contribution < -0.4 is 0 Å². The van der Waals surface area contributed by atoms with Crippen LogP contribution >= 0.6 is 11.3 Å². The summed E-state index contributed by atoms with van der Waals surface area (Å²) in [5, 5.41) is 0. The van der Waals surface area contributed by atoms with Gasteiger partial charge in [0.2, 0.25) is 0 Å². The van der Waals surface area contributed by atoms with E-state index in [1.165, 1.54) is 15.3 Å². The van der Waals surface area contributed by atoms with Gasteiger partial charge in [0, 0.05) is 16.2 Å². The molecule has 1 atom stereocenters. The molecular formula is C13H22OS. The summed E-state index contributed by atoms with van der Waals surface area (Å²) in [6, 6.07) is 2.29. The Hall–Kier alpha value is -0.340. The van der Waals surface area contributed by atoms with Gasteiger partial charge in [-0.15, -0.1) is 11.3 Å². The third-order valence-corrected chi connectivity index (χ3v) is 4.04. The molecule has 0 aromatic carbocycles. The number of aryl methyl sites for hydroxylation is 1. The quantitative estimate of drug-likeness (QED) is 0.694. The van der Waals surface area contributed by atoms with Crippen molar-refractivity contribution in [3.63, 3.8) is 0 Å². The Labute approximate surface area is 97.5 Å². The summed E-state index contributed by atoms with van der Waals surface area (Å²) in [6.45, 7) is 11.5. The molecule has 0 spiro atoms. The van der Waals surface area contributed by atoms with Crippen LogP contribution in [0.2, 0.25) is 0 Å². The second-order valence-corrected chi connectivity index (χ2v) is 5.22. The van der Waals surface area contributed by atoms with Crippen LogP contribution in [0.5, 0.6) is 0 Å². The zero-order valence-corrected chi connectivity index (χ0v) is 11.3. The van der Waals surface area contributed by atoms with Gasteiger partial charge < -0.3 is 4.74 Å². The first kappa shape index (κ1) is 12.7. The van der Waals surface area contributed by atoms with Gasteiger partial charge in [0.05, 0.1) is 12.2 Å². The minimum atomic E-state index is -0.0155. The van der Waals surface area contributed by atoms with Crippen LogP contribution in [0, 0.1) is 6.92 Å². The third kappa shape index (κ3) is 2.43. The van der Waals surface area contributed by atoms with Crippen molar-refractivity contribution in [1.29, 1.82) is 0 Å². The second kappa shape index (κ2) is 5.13. The number of rotatable bonds is 1. The summed E-state index contributed by atoms with van der Waals surface area (Å²) in [4.78, 5) is 2.95. The highest BCUT2D eigenvalue weighted by Crippen LogP contribution is 2.39. The van der Waals surface area contributed by atoms with Crippen LogP contribution in [-0.4, -0.2) is 6.61 Å². The van der Waals surface area contributed by atoms with E-state index in [-0.39, 0.29) is 5.60 Å². The van der Waals surface area contributed by atoms with E-state index in [1.807, 2.05) is 25.2 Å². The van der Waals surface area contributed by atoms with Crippen LogP contribution in [0.25, 0.3) is 0 Å². The van der Waals surface area contributed by atoms with Crippen LogP contribution in [-0.2, 0) is 16.8 Å². The monoisotopic (exact) mass is 226 g/mol. The van der Waals surface area contributed by atoms with Crippen molar-refractivity contribution in [2.45, 2.75) is 53.1 Å². The Morgan fingerprint density at radius 1 is 1.47 bits per heavy atom. The van der Waals surface area contributed by atoms with Crippen LogP contribution in [0.15, 0.2) is 6.07 Å². The van der Waals surface area contributed by atoms with Crippen molar-refractivity contribution in [3.05, 3.63) is 21.4 Å². The maximum absolute atomic E-state index is 5.86. The number of hydrogen-bond donors (Lipinski definition) is 0. The fraction of sp³-hybridized carbons (Fsp3) is 0.692. The van der Waals surface area contributed by atoms with Crippen molar-refractivity contribution in [2.75, 3.05) is 6.61 Å². The Balaban J connectivity index is 0.000000531. The van der Waals surface area contributed by atoms with Gasteiger partial charge in [-0.05, 0) is 31.9 Å². The average molecular weight is 226 g/mol. The molecule has 1 aliphatic rings. The molecule has 0 bridgehead atoms. The van der Waals surface area contributed by atoms with E-state index in [4.69, 9.17) is 4.74 Å². The Morgan fingerprint density at radius 2 is 2.13 bits per heavy atom. The molecule has 1 aromatic rings. The SMILES string of the molecule is CC.CCC1(C)OCCc2sc(C)cc21. The van der Waals surface area contributed by atoms with Gasteiger partial charge in [-0.1, -0.05) is 20.8 Å². The smallest absolute Gasteiger partial charge is 0.0911 e. The summed E-state index contributed by atoms with van der Waals surface area (Å²) < 4.78 is 5.86. The lowest BCUT2D eigenvalue weighted by Crippen LogP contribution is -2.30. The molecule has 1 unspecified atom stereocenters. The lowest BCUT2D eigenvalue weighted by atomic mass is 9.90. The fourth-order valence-corrected chi connectivity index (χ4v) is 3.07. The average Bonchev–Trinajstić information content (AvgIpc) is 2.64. The van der Waals surface area contributed by atoms with Crippen LogP contribution in [0.4, 0.5) is 0 Å². The first-order valence-corrected chi connectivity index (χ1v) is 6.71. The predicted molar refractivity (Wildman–Crippen MR) is 67.7 cm³/mol. The molecule has 0 radical (unpaired) electrons. The van der Waals surface area contributed by atoms with Crippen molar-refractivity contribution in [1.82, 2.24) is 0 Å². The molecule has 0 saturated heterocycles. The summed E-state index contributed by atoms with van der Waals surface area (Å²) >= 11 is 1.93. The third-order valence-electron chi connectivity index (χ3n) is 2.93. The standard InChI is InChI=1S/C11H16OS.C2H6/c1-4-11(3)9-7-8(2)13-10(9)5-6-12-11;1-2/h7H,4-6H2,1-3H3;1-2H3. The maximum atomic E-state index is 5.86. The summed E-state index contributed by atoms with van der Waals surface area (Å²) in [5.74, 6) is 0. The van der Waals surface area contributed by atoms with E-state index < -0.39 is 0 Å². The number of hydrogen-bond acceptors (Lipinski definition) is 2. The van der Waals surface area contributed by atoms with Gasteiger partial charge in [-0.25, -0.2) is 0 Å². The van der Waals surface area contributed by atoms with Gasteiger partial charge >= 0.3 is 0 Å². The molecule has 0 aliphatic carbocycles. The number of fused-ring (bicyclic) bond motifs is 1. The molecule has 15 heavy (non-hydrogen) atoms. The second-order valence-electron chi connectivity index (χ2n) is 3.88. The molecule has 86 valence electrons. The highest BCUT2D eigenvalue weighted by atomic mass is 32.1. The summed E-state index contributed by atoms with van der Waals surface area (Å²) in [6.07, 6.45) is 2.17. The minimum Gasteiger partial charge on any atom is -0.370 e. The zero-order valence-electron chi connectivity index (χ0n) is 10.5. The fourth-order valence-electron chi connectivity index (χ4n) is 1.94. The molecule has 0 amide bonds. The van der Waals surface area contributed by atoms with E-state index >= 15 is 0 Å². The summed E-state index contributed by atoms with van der Waals surface area (Å²) in [7, 11) is 0. The highest BCUT2D eigenvalue weighted by Gasteiger charge is 2.32. The van der Waals surface area contributed by atoms with E-state index in [2.05, 4.69) is 26.8 Å². The maximum Gasteiger partial charge on any atom is 0.0911 e. The molecule has 0 fully saturated rings. The molecule has 1 aliphatic heterocycles. The van der Waals surface area contributed by atoms with Gasteiger partial charge in [0.15, 0.2) is 0 Å². The predicted octanol–water partition coefficient (Wildman–Crippen LogP) is 4.28. The van der Waals surface area contributed by atoms with Gasteiger partial charge in [-0.3, -0.25) is 0 Å². The van der Waals surface area contributed by atoms with Gasteiger partial charge in [0.1, 0.15) is 0 Å². The molecule has 1 aromatic heterocycles. The largest absolute Gasteiger partial charge is 0.370 e. The van der Waals surface area contributed by atoms with Crippen molar-refractivity contribution >= 4 is 11.3 Å². The summed E-state index contributed by atoms with van der Waals surface area (Å²) in [5.41, 5.74) is 1.42. The van der Waals surface area contributed by atoms with E-state index in [0.717, 1.165) is 19.4 Å². The lowest BCUT2D eigenvalue weighted by Gasteiger charge is -2.33.